The standard InChI is InChI=1S/C21H18F3N3O4S2/c1-12-6-7-16(13(2)8-12)33(30,31)17-10-25-20(27-19(17)29)32-11-18(28)26-15-5-3-4-14(9-15)21(22,23)24/h3-10H,11H2,1-2H3,(H,26,28)(H,25,27,29). The molecule has 0 unspecified atom stereocenters. The van der Waals surface area contributed by atoms with Gasteiger partial charge in [-0.15, -0.1) is 0 Å². The summed E-state index contributed by atoms with van der Waals surface area (Å²) in [6, 6.07) is 8.88. The predicted octanol–water partition coefficient (Wildman–Crippen LogP) is 3.97. The van der Waals surface area contributed by atoms with E-state index in [4.69, 9.17) is 0 Å². The maximum atomic E-state index is 12.9. The zero-order valence-corrected chi connectivity index (χ0v) is 19.0. The molecule has 174 valence electrons. The van der Waals surface area contributed by atoms with Gasteiger partial charge in [0.05, 0.1) is 22.4 Å². The number of thioether (sulfide) groups is 1. The number of amides is 1. The van der Waals surface area contributed by atoms with E-state index in [0.717, 1.165) is 35.7 Å². The molecule has 0 aliphatic rings. The number of aromatic nitrogens is 2. The van der Waals surface area contributed by atoms with Gasteiger partial charge in [-0.05, 0) is 43.7 Å². The monoisotopic (exact) mass is 497 g/mol. The Hall–Kier alpha value is -3.12. The number of benzene rings is 2. The van der Waals surface area contributed by atoms with Crippen LogP contribution < -0.4 is 10.9 Å². The average molecular weight is 498 g/mol. The molecule has 0 radical (unpaired) electrons. The number of rotatable bonds is 6. The van der Waals surface area contributed by atoms with Crippen molar-refractivity contribution < 1.29 is 26.4 Å². The van der Waals surface area contributed by atoms with Gasteiger partial charge in [-0.2, -0.15) is 13.2 Å². The Bertz CT molecular complexity index is 1370. The highest BCUT2D eigenvalue weighted by atomic mass is 32.2. The van der Waals surface area contributed by atoms with Crippen LogP contribution in [-0.2, 0) is 20.8 Å². The van der Waals surface area contributed by atoms with Crippen LogP contribution in [0.3, 0.4) is 0 Å². The zero-order chi connectivity index (χ0) is 24.4. The minimum atomic E-state index is -4.54. The Labute approximate surface area is 191 Å². The Morgan fingerprint density at radius 1 is 1.12 bits per heavy atom. The van der Waals surface area contributed by atoms with E-state index in [1.54, 1.807) is 19.1 Å². The number of sulfone groups is 1. The number of hydrogen-bond donors (Lipinski definition) is 2. The molecular formula is C21H18F3N3O4S2. The third-order valence-corrected chi connectivity index (χ3v) is 7.26. The van der Waals surface area contributed by atoms with E-state index in [9.17, 15) is 31.2 Å². The molecule has 0 saturated heterocycles. The van der Waals surface area contributed by atoms with Crippen molar-refractivity contribution in [1.29, 1.82) is 0 Å². The molecule has 0 spiro atoms. The first-order valence-corrected chi connectivity index (χ1v) is 11.9. The number of anilines is 1. The lowest BCUT2D eigenvalue weighted by atomic mass is 10.2. The minimum absolute atomic E-state index is 0.0127. The minimum Gasteiger partial charge on any atom is -0.325 e. The molecule has 1 amide bonds. The number of carbonyl (C=O) groups excluding carboxylic acids is 1. The summed E-state index contributed by atoms with van der Waals surface area (Å²) in [6.07, 6.45) is -3.63. The van der Waals surface area contributed by atoms with Gasteiger partial charge in [-0.3, -0.25) is 9.59 Å². The van der Waals surface area contributed by atoms with Crippen LogP contribution in [-0.4, -0.2) is 30.0 Å². The first-order valence-electron chi connectivity index (χ1n) is 9.39. The number of alkyl halides is 3. The number of aryl methyl sites for hydroxylation is 2. The Morgan fingerprint density at radius 3 is 2.48 bits per heavy atom. The number of nitrogens with one attached hydrogen (secondary N) is 2. The van der Waals surface area contributed by atoms with Crippen LogP contribution >= 0.6 is 11.8 Å². The summed E-state index contributed by atoms with van der Waals surface area (Å²) in [5.74, 6) is -0.906. The van der Waals surface area contributed by atoms with E-state index in [0.29, 0.717) is 5.56 Å². The van der Waals surface area contributed by atoms with Crippen LogP contribution in [0.5, 0.6) is 0 Å². The lowest BCUT2D eigenvalue weighted by molar-refractivity contribution is -0.137. The van der Waals surface area contributed by atoms with Crippen molar-refractivity contribution >= 4 is 33.2 Å². The molecule has 2 aromatic carbocycles. The van der Waals surface area contributed by atoms with Crippen molar-refractivity contribution in [1.82, 2.24) is 9.97 Å². The third-order valence-electron chi connectivity index (χ3n) is 4.47. The Kier molecular flexibility index (Phi) is 6.98. The molecule has 0 atom stereocenters. The number of halogens is 3. The molecule has 2 N–H and O–H groups in total. The van der Waals surface area contributed by atoms with Crippen molar-refractivity contribution in [2.75, 3.05) is 11.1 Å². The van der Waals surface area contributed by atoms with E-state index < -0.39 is 37.9 Å². The zero-order valence-electron chi connectivity index (χ0n) is 17.4. The fraction of sp³-hybridized carbons (Fsp3) is 0.190. The van der Waals surface area contributed by atoms with Gasteiger partial charge in [0.1, 0.15) is 0 Å². The second kappa shape index (κ2) is 9.40. The second-order valence-electron chi connectivity index (χ2n) is 7.07. The molecule has 0 fully saturated rings. The van der Waals surface area contributed by atoms with Gasteiger partial charge in [0.2, 0.25) is 15.7 Å². The van der Waals surface area contributed by atoms with Gasteiger partial charge in [0, 0.05) is 5.69 Å². The molecule has 33 heavy (non-hydrogen) atoms. The van der Waals surface area contributed by atoms with Gasteiger partial charge in [0.25, 0.3) is 5.56 Å². The smallest absolute Gasteiger partial charge is 0.325 e. The largest absolute Gasteiger partial charge is 0.416 e. The van der Waals surface area contributed by atoms with Crippen molar-refractivity contribution in [2.45, 2.75) is 35.0 Å². The fourth-order valence-electron chi connectivity index (χ4n) is 2.96. The van der Waals surface area contributed by atoms with Crippen LogP contribution in [0.4, 0.5) is 18.9 Å². The van der Waals surface area contributed by atoms with Crippen molar-refractivity contribution in [2.24, 2.45) is 0 Å². The highest BCUT2D eigenvalue weighted by Gasteiger charge is 2.30. The number of aromatic amines is 1. The second-order valence-corrected chi connectivity index (χ2v) is 9.92. The highest BCUT2D eigenvalue weighted by molar-refractivity contribution is 7.99. The van der Waals surface area contributed by atoms with Gasteiger partial charge in [0.15, 0.2) is 10.1 Å². The number of nitrogens with zero attached hydrogens (tertiary/aromatic N) is 1. The van der Waals surface area contributed by atoms with E-state index in [1.807, 2.05) is 6.92 Å². The highest BCUT2D eigenvalue weighted by Crippen LogP contribution is 2.30. The summed E-state index contributed by atoms with van der Waals surface area (Å²) in [5, 5.41) is 2.32. The van der Waals surface area contributed by atoms with Crippen LogP contribution in [0.2, 0.25) is 0 Å². The Morgan fingerprint density at radius 2 is 1.85 bits per heavy atom. The van der Waals surface area contributed by atoms with Crippen LogP contribution in [0.1, 0.15) is 16.7 Å². The predicted molar refractivity (Wildman–Crippen MR) is 117 cm³/mol. The summed E-state index contributed by atoms with van der Waals surface area (Å²) < 4.78 is 64.0. The van der Waals surface area contributed by atoms with Gasteiger partial charge < -0.3 is 10.3 Å². The molecule has 0 bridgehead atoms. The molecule has 1 heterocycles. The molecule has 0 aliphatic heterocycles. The first-order chi connectivity index (χ1) is 15.4. The van der Waals surface area contributed by atoms with E-state index in [2.05, 4.69) is 15.3 Å². The van der Waals surface area contributed by atoms with Gasteiger partial charge in [-0.1, -0.05) is 35.5 Å². The van der Waals surface area contributed by atoms with Crippen LogP contribution in [0, 0.1) is 13.8 Å². The molecule has 1 aromatic heterocycles. The van der Waals surface area contributed by atoms with E-state index in [-0.39, 0.29) is 21.5 Å². The quantitative estimate of drug-likeness (QED) is 0.394. The summed E-state index contributed by atoms with van der Waals surface area (Å²) in [4.78, 5) is 30.2. The lowest BCUT2D eigenvalue weighted by Crippen LogP contribution is -2.20. The third kappa shape index (κ3) is 5.82. The topological polar surface area (TPSA) is 109 Å². The van der Waals surface area contributed by atoms with Crippen LogP contribution in [0.25, 0.3) is 0 Å². The van der Waals surface area contributed by atoms with Crippen LogP contribution in [0.15, 0.2) is 68.4 Å². The van der Waals surface area contributed by atoms with Gasteiger partial charge in [-0.25, -0.2) is 13.4 Å². The van der Waals surface area contributed by atoms with E-state index >= 15 is 0 Å². The SMILES string of the molecule is Cc1ccc(S(=O)(=O)c2cnc(SCC(=O)Nc3cccc(C(F)(F)F)c3)[nH]c2=O)c(C)c1. The van der Waals surface area contributed by atoms with Crippen molar-refractivity contribution in [3.05, 3.63) is 75.7 Å². The molecule has 3 aromatic rings. The Balaban J connectivity index is 1.71. The summed E-state index contributed by atoms with van der Waals surface area (Å²) in [5.41, 5.74) is -0.482. The summed E-state index contributed by atoms with van der Waals surface area (Å²) in [6.45, 7) is 3.43. The molecule has 3 rings (SSSR count). The lowest BCUT2D eigenvalue weighted by Gasteiger charge is -2.10. The van der Waals surface area contributed by atoms with Gasteiger partial charge >= 0.3 is 6.18 Å². The normalized spacial score (nSPS) is 11.9. The maximum absolute atomic E-state index is 12.9. The molecular weight excluding hydrogens is 479 g/mol. The van der Waals surface area contributed by atoms with Crippen molar-refractivity contribution in [3.8, 4) is 0 Å². The molecule has 0 saturated carbocycles. The van der Waals surface area contributed by atoms with Crippen molar-refractivity contribution in [3.63, 3.8) is 0 Å². The fourth-order valence-corrected chi connectivity index (χ4v) is 5.04. The first kappa shape index (κ1) is 24.5. The summed E-state index contributed by atoms with van der Waals surface area (Å²) in [7, 11) is -4.11. The molecule has 0 aliphatic carbocycles. The average Bonchev–Trinajstić information content (AvgIpc) is 2.71. The summed E-state index contributed by atoms with van der Waals surface area (Å²) >= 11 is 0.796. The maximum Gasteiger partial charge on any atom is 0.416 e. The molecule has 12 heteroatoms. The molecule has 7 nitrogen and oxygen atoms in total. The number of carbonyl (C=O) groups is 1. The number of H-pyrrole nitrogens is 1. The van der Waals surface area contributed by atoms with E-state index in [1.165, 1.54) is 18.2 Å². The number of hydrogen-bond acceptors (Lipinski definition) is 6.